The van der Waals surface area contributed by atoms with Crippen LogP contribution >= 0.6 is 0 Å². The van der Waals surface area contributed by atoms with E-state index < -0.39 is 11.6 Å². The molecule has 0 aliphatic carbocycles. The van der Waals surface area contributed by atoms with Gasteiger partial charge in [0.2, 0.25) is 5.91 Å². The highest BCUT2D eigenvalue weighted by atomic mass is 16.2. The third-order valence-electron chi connectivity index (χ3n) is 4.68. The lowest BCUT2D eigenvalue weighted by atomic mass is 9.90. The van der Waals surface area contributed by atoms with Crippen molar-refractivity contribution < 1.29 is 14.4 Å². The van der Waals surface area contributed by atoms with Crippen molar-refractivity contribution in [1.82, 2.24) is 15.1 Å². The maximum absolute atomic E-state index is 12.6. The van der Waals surface area contributed by atoms with Crippen molar-refractivity contribution in [3.05, 3.63) is 0 Å². The molecule has 0 spiro atoms. The van der Waals surface area contributed by atoms with Gasteiger partial charge in [0.05, 0.1) is 0 Å². The van der Waals surface area contributed by atoms with Gasteiger partial charge in [-0.3, -0.25) is 14.5 Å². The summed E-state index contributed by atoms with van der Waals surface area (Å²) in [6.45, 7) is 11.3. The van der Waals surface area contributed by atoms with Gasteiger partial charge in [0.15, 0.2) is 0 Å². The second kappa shape index (κ2) is 6.49. The SMILES string of the molecule is CC(C)CC1(C)NC(=O)N(CC(=O)N2CC(C)CC(C)C2)C1=O. The Balaban J connectivity index is 2.03. The van der Waals surface area contributed by atoms with E-state index in [1.54, 1.807) is 11.8 Å². The maximum atomic E-state index is 12.6. The molecule has 2 fully saturated rings. The average Bonchev–Trinajstić information content (AvgIpc) is 2.60. The minimum absolute atomic E-state index is 0.138. The van der Waals surface area contributed by atoms with Crippen molar-refractivity contribution in [2.24, 2.45) is 17.8 Å². The van der Waals surface area contributed by atoms with Crippen molar-refractivity contribution in [3.8, 4) is 0 Å². The number of nitrogens with zero attached hydrogens (tertiary/aromatic N) is 2. The molecular weight excluding hydrogens is 294 g/mol. The third-order valence-corrected chi connectivity index (χ3v) is 4.68. The van der Waals surface area contributed by atoms with E-state index in [1.165, 1.54) is 0 Å². The molecule has 2 heterocycles. The Morgan fingerprint density at radius 3 is 2.35 bits per heavy atom. The number of carbonyl (C=O) groups is 3. The molecule has 2 rings (SSSR count). The molecule has 3 unspecified atom stereocenters. The van der Waals surface area contributed by atoms with E-state index >= 15 is 0 Å². The van der Waals surface area contributed by atoms with Crippen LogP contribution in [0.2, 0.25) is 0 Å². The Morgan fingerprint density at radius 1 is 1.26 bits per heavy atom. The zero-order valence-electron chi connectivity index (χ0n) is 14.9. The summed E-state index contributed by atoms with van der Waals surface area (Å²) in [5.41, 5.74) is -0.895. The Bertz CT molecular complexity index is 495. The lowest BCUT2D eigenvalue weighted by molar-refractivity contribution is -0.140. The number of imide groups is 1. The number of nitrogens with one attached hydrogen (secondary N) is 1. The summed E-state index contributed by atoms with van der Waals surface area (Å²) >= 11 is 0. The normalized spacial score (nSPS) is 31.7. The monoisotopic (exact) mass is 323 g/mol. The first-order valence-electron chi connectivity index (χ1n) is 8.54. The van der Waals surface area contributed by atoms with Crippen LogP contribution in [-0.4, -0.2) is 52.8 Å². The molecule has 0 aromatic rings. The molecule has 2 saturated heterocycles. The van der Waals surface area contributed by atoms with Crippen molar-refractivity contribution in [2.75, 3.05) is 19.6 Å². The topological polar surface area (TPSA) is 69.7 Å². The average molecular weight is 323 g/mol. The predicted molar refractivity (Wildman–Crippen MR) is 87.6 cm³/mol. The van der Waals surface area contributed by atoms with Crippen molar-refractivity contribution in [2.45, 2.75) is 53.0 Å². The molecular formula is C17H29N3O3. The molecule has 4 amide bonds. The van der Waals surface area contributed by atoms with Gasteiger partial charge in [0.25, 0.3) is 5.91 Å². The lowest BCUT2D eigenvalue weighted by Gasteiger charge is -2.35. The summed E-state index contributed by atoms with van der Waals surface area (Å²) in [6.07, 6.45) is 1.68. The highest BCUT2D eigenvalue weighted by molar-refractivity contribution is 6.08. The molecule has 3 atom stereocenters. The summed E-state index contributed by atoms with van der Waals surface area (Å²) in [5.74, 6) is 0.765. The van der Waals surface area contributed by atoms with E-state index in [0.717, 1.165) is 11.3 Å². The van der Waals surface area contributed by atoms with Crippen LogP contribution in [0.4, 0.5) is 4.79 Å². The predicted octanol–water partition coefficient (Wildman–Crippen LogP) is 1.85. The third kappa shape index (κ3) is 3.85. The van der Waals surface area contributed by atoms with Crippen LogP contribution in [0.25, 0.3) is 0 Å². The van der Waals surface area contributed by atoms with Crippen molar-refractivity contribution >= 4 is 17.8 Å². The number of piperidine rings is 1. The van der Waals surface area contributed by atoms with E-state index in [9.17, 15) is 14.4 Å². The fourth-order valence-electron chi connectivity index (χ4n) is 3.95. The second-order valence-electron chi connectivity index (χ2n) is 8.00. The zero-order chi connectivity index (χ0) is 17.4. The van der Waals surface area contributed by atoms with Gasteiger partial charge in [0, 0.05) is 13.1 Å². The van der Waals surface area contributed by atoms with Crippen LogP contribution in [0.15, 0.2) is 0 Å². The Labute approximate surface area is 138 Å². The van der Waals surface area contributed by atoms with Gasteiger partial charge in [-0.2, -0.15) is 0 Å². The largest absolute Gasteiger partial charge is 0.341 e. The fraction of sp³-hybridized carbons (Fsp3) is 0.824. The van der Waals surface area contributed by atoms with Crippen LogP contribution in [-0.2, 0) is 9.59 Å². The van der Waals surface area contributed by atoms with Crippen LogP contribution < -0.4 is 5.32 Å². The first-order chi connectivity index (χ1) is 10.6. The standard InChI is InChI=1S/C17H29N3O3/c1-11(2)7-17(5)15(22)20(16(23)18-17)10-14(21)19-8-12(3)6-13(4)9-19/h11-13H,6-10H2,1-5H3,(H,18,23). The molecule has 130 valence electrons. The summed E-state index contributed by atoms with van der Waals surface area (Å²) in [6, 6.07) is -0.454. The smallest absolute Gasteiger partial charge is 0.325 e. The van der Waals surface area contributed by atoms with E-state index in [-0.39, 0.29) is 24.3 Å². The number of hydrogen-bond donors (Lipinski definition) is 1. The highest BCUT2D eigenvalue weighted by Crippen LogP contribution is 2.26. The Hall–Kier alpha value is -1.59. The molecule has 6 nitrogen and oxygen atoms in total. The Morgan fingerprint density at radius 2 is 1.83 bits per heavy atom. The van der Waals surface area contributed by atoms with Gasteiger partial charge in [-0.15, -0.1) is 0 Å². The van der Waals surface area contributed by atoms with Crippen molar-refractivity contribution in [1.29, 1.82) is 0 Å². The quantitative estimate of drug-likeness (QED) is 0.803. The maximum Gasteiger partial charge on any atom is 0.325 e. The lowest BCUT2D eigenvalue weighted by Crippen LogP contribution is -2.49. The molecule has 23 heavy (non-hydrogen) atoms. The van der Waals surface area contributed by atoms with Crippen LogP contribution in [0.3, 0.4) is 0 Å². The van der Waals surface area contributed by atoms with Gasteiger partial charge in [0.1, 0.15) is 12.1 Å². The molecule has 0 bridgehead atoms. The molecule has 6 heteroatoms. The van der Waals surface area contributed by atoms with Gasteiger partial charge < -0.3 is 10.2 Å². The number of urea groups is 1. The number of amides is 4. The van der Waals surface area contributed by atoms with Crippen LogP contribution in [0.1, 0.15) is 47.5 Å². The number of carbonyl (C=O) groups excluding carboxylic acids is 3. The molecule has 2 aliphatic heterocycles. The highest BCUT2D eigenvalue weighted by Gasteiger charge is 2.48. The summed E-state index contributed by atoms with van der Waals surface area (Å²) in [4.78, 5) is 40.1. The fourth-order valence-corrected chi connectivity index (χ4v) is 3.95. The number of rotatable bonds is 4. The van der Waals surface area contributed by atoms with Gasteiger partial charge >= 0.3 is 6.03 Å². The molecule has 2 aliphatic rings. The van der Waals surface area contributed by atoms with E-state index in [0.29, 0.717) is 31.3 Å². The summed E-state index contributed by atoms with van der Waals surface area (Å²) in [7, 11) is 0. The Kier molecular flexibility index (Phi) is 5.01. The molecule has 0 radical (unpaired) electrons. The number of likely N-dealkylation sites (tertiary alicyclic amines) is 1. The van der Waals surface area contributed by atoms with Crippen LogP contribution in [0, 0.1) is 17.8 Å². The van der Waals surface area contributed by atoms with E-state index in [1.807, 2.05) is 13.8 Å². The van der Waals surface area contributed by atoms with Crippen LogP contribution in [0.5, 0.6) is 0 Å². The summed E-state index contributed by atoms with van der Waals surface area (Å²) < 4.78 is 0. The van der Waals surface area contributed by atoms with Crippen molar-refractivity contribution in [3.63, 3.8) is 0 Å². The van der Waals surface area contributed by atoms with Gasteiger partial charge in [-0.25, -0.2) is 4.79 Å². The second-order valence-corrected chi connectivity index (χ2v) is 8.00. The van der Waals surface area contributed by atoms with E-state index in [4.69, 9.17) is 0 Å². The molecule has 1 N–H and O–H groups in total. The molecule has 0 saturated carbocycles. The molecule has 0 aromatic carbocycles. The van der Waals surface area contributed by atoms with Gasteiger partial charge in [-0.1, -0.05) is 27.7 Å². The van der Waals surface area contributed by atoms with E-state index in [2.05, 4.69) is 19.2 Å². The van der Waals surface area contributed by atoms with Gasteiger partial charge in [-0.05, 0) is 37.5 Å². The minimum Gasteiger partial charge on any atom is -0.341 e. The summed E-state index contributed by atoms with van der Waals surface area (Å²) in [5, 5.41) is 2.75. The minimum atomic E-state index is -0.895. The number of hydrogen-bond acceptors (Lipinski definition) is 3. The first-order valence-corrected chi connectivity index (χ1v) is 8.54. The first kappa shape index (κ1) is 17.8. The zero-order valence-corrected chi connectivity index (χ0v) is 14.9. The molecule has 0 aromatic heterocycles.